The number of aliphatic hydroxyl groups is 1. The molecule has 0 bridgehead atoms. The first-order valence-corrected chi connectivity index (χ1v) is 35.3. The van der Waals surface area contributed by atoms with Gasteiger partial charge in [0.1, 0.15) is 0 Å². The Hall–Kier alpha value is -2.81. The maximum absolute atomic E-state index is 12.6. The van der Waals surface area contributed by atoms with Crippen LogP contribution in [0.1, 0.15) is 325 Å². The molecule has 1 aliphatic rings. The summed E-state index contributed by atoms with van der Waals surface area (Å²) in [5.41, 5.74) is -0.858. The van der Waals surface area contributed by atoms with E-state index in [1.807, 2.05) is 27.7 Å². The van der Waals surface area contributed by atoms with Gasteiger partial charge in [0.2, 0.25) is 23.6 Å². The van der Waals surface area contributed by atoms with Crippen molar-refractivity contribution in [2.75, 3.05) is 59.2 Å². The van der Waals surface area contributed by atoms with E-state index in [4.69, 9.17) is 18.9 Å². The number of nitrogens with zero attached hydrogens (tertiary/aromatic N) is 1. The second-order valence-corrected chi connectivity index (χ2v) is 26.4. The number of imide groups is 1. The molecule has 5 amide bonds. The van der Waals surface area contributed by atoms with Gasteiger partial charge in [0.25, 0.3) is 0 Å². The van der Waals surface area contributed by atoms with Crippen LogP contribution in [0.3, 0.4) is 0 Å². The van der Waals surface area contributed by atoms with Gasteiger partial charge in [-0.1, -0.05) is 207 Å². The van der Waals surface area contributed by atoms with Gasteiger partial charge in [-0.05, 0) is 104 Å². The van der Waals surface area contributed by atoms with Gasteiger partial charge >= 0.3 is 6.09 Å². The SMILES string of the molecule is CCCCCCCCCCCCCCC(CCCOC(C)CCOC(=O)NCCCCCC(=O)NCCC(C)(C)OCCC(C)(C)OCCNC(=O)CCCCCN1C(=O)CC(C)C1=O)C(CCCCCO)CCCCCCCCCCCC. The summed E-state index contributed by atoms with van der Waals surface area (Å²) in [7, 11) is 0. The zero-order chi connectivity index (χ0) is 61.8. The Morgan fingerprint density at radius 1 is 0.512 bits per heavy atom. The minimum Gasteiger partial charge on any atom is -0.449 e. The number of rotatable bonds is 61. The minimum absolute atomic E-state index is 0.0161. The third kappa shape index (κ3) is 46.4. The molecule has 1 heterocycles. The number of carbonyl (C=O) groups excluding carboxylic acids is 5. The maximum atomic E-state index is 12.6. The molecule has 0 saturated carbocycles. The van der Waals surface area contributed by atoms with Gasteiger partial charge in [-0.15, -0.1) is 0 Å². The van der Waals surface area contributed by atoms with Gasteiger partial charge in [-0.3, -0.25) is 24.1 Å². The molecule has 0 aromatic carbocycles. The Labute approximate surface area is 515 Å². The van der Waals surface area contributed by atoms with Gasteiger partial charge in [-0.2, -0.15) is 0 Å². The minimum atomic E-state index is -0.434. The van der Waals surface area contributed by atoms with E-state index in [1.54, 1.807) is 6.92 Å². The van der Waals surface area contributed by atoms with Gasteiger partial charge < -0.3 is 40.0 Å². The number of nitrogens with one attached hydrogen (secondary N) is 3. The number of aliphatic hydroxyl groups excluding tert-OH is 1. The molecule has 14 heteroatoms. The van der Waals surface area contributed by atoms with Crippen molar-refractivity contribution in [1.82, 2.24) is 20.9 Å². The molecule has 0 aromatic rings. The summed E-state index contributed by atoms with van der Waals surface area (Å²) < 4.78 is 24.1. The summed E-state index contributed by atoms with van der Waals surface area (Å²) in [6.45, 7) is 20.7. The van der Waals surface area contributed by atoms with Crippen molar-refractivity contribution in [3.05, 3.63) is 0 Å². The van der Waals surface area contributed by atoms with Crippen LogP contribution in [0.25, 0.3) is 0 Å². The molecule has 1 rings (SSSR count). The molecule has 494 valence electrons. The summed E-state index contributed by atoms with van der Waals surface area (Å²) >= 11 is 0. The van der Waals surface area contributed by atoms with Crippen molar-refractivity contribution >= 4 is 29.7 Å². The highest BCUT2D eigenvalue weighted by Gasteiger charge is 2.35. The quantitative estimate of drug-likeness (QED) is 0.0338. The largest absolute Gasteiger partial charge is 0.449 e. The number of amides is 5. The lowest BCUT2D eigenvalue weighted by atomic mass is 9.78. The van der Waals surface area contributed by atoms with Crippen LogP contribution in [-0.2, 0) is 38.1 Å². The van der Waals surface area contributed by atoms with Crippen LogP contribution in [0.4, 0.5) is 4.79 Å². The first-order valence-electron chi connectivity index (χ1n) is 35.3. The number of carbonyl (C=O) groups is 5. The van der Waals surface area contributed by atoms with Crippen LogP contribution in [0, 0.1) is 17.8 Å². The van der Waals surface area contributed by atoms with Crippen LogP contribution in [0.15, 0.2) is 0 Å². The van der Waals surface area contributed by atoms with Crippen LogP contribution in [0.2, 0.25) is 0 Å². The monoisotopic (exact) mass is 1190 g/mol. The Balaban J connectivity index is 2.28. The number of likely N-dealkylation sites (tertiary alicyclic amines) is 1. The molecule has 1 aliphatic heterocycles. The van der Waals surface area contributed by atoms with Gasteiger partial charge in [-0.25, -0.2) is 4.79 Å². The molecule has 4 atom stereocenters. The van der Waals surface area contributed by atoms with Gasteiger partial charge in [0.15, 0.2) is 0 Å². The standard InChI is InChI=1S/C70H134N4O10/c1-9-11-13-15-17-19-21-22-24-26-28-33-42-63(62(43-34-31-39-54-75)41-32-27-25-23-20-18-16-14-12-10-2)44-40-55-81-61(4)47-56-82-68(80)73-50-37-29-35-45-64(76)71-51-48-69(5,6)83-57-49-70(7,8)84-58-52-72-65(77)46-36-30-38-53-74-66(78)59-60(3)67(74)79/h60-63,75H,9-59H2,1-8H3,(H,71,76)(H,72,77)(H,73,80). The molecule has 84 heavy (non-hydrogen) atoms. The molecular weight excluding hydrogens is 1060 g/mol. The fourth-order valence-electron chi connectivity index (χ4n) is 11.7. The molecule has 14 nitrogen and oxygen atoms in total. The van der Waals surface area contributed by atoms with E-state index in [0.29, 0.717) is 104 Å². The lowest BCUT2D eigenvalue weighted by Crippen LogP contribution is -2.36. The Bertz CT molecular complexity index is 1610. The van der Waals surface area contributed by atoms with Crippen LogP contribution in [0.5, 0.6) is 0 Å². The Kier molecular flexibility index (Phi) is 50.2. The van der Waals surface area contributed by atoms with E-state index in [9.17, 15) is 29.1 Å². The van der Waals surface area contributed by atoms with Crippen molar-refractivity contribution in [2.45, 2.75) is 342 Å². The highest BCUT2D eigenvalue weighted by molar-refractivity contribution is 6.03. The molecule has 0 radical (unpaired) electrons. The lowest BCUT2D eigenvalue weighted by Gasteiger charge is -2.30. The van der Waals surface area contributed by atoms with Crippen LogP contribution >= 0.6 is 0 Å². The highest BCUT2D eigenvalue weighted by Crippen LogP contribution is 2.33. The van der Waals surface area contributed by atoms with Crippen LogP contribution in [-0.4, -0.2) is 116 Å². The predicted molar refractivity (Wildman–Crippen MR) is 346 cm³/mol. The first kappa shape index (κ1) is 79.2. The van der Waals surface area contributed by atoms with Crippen molar-refractivity contribution in [3.63, 3.8) is 0 Å². The van der Waals surface area contributed by atoms with E-state index in [-0.39, 0.29) is 35.7 Å². The number of hydrogen-bond donors (Lipinski definition) is 4. The average Bonchev–Trinajstić information content (AvgIpc) is 3.96. The lowest BCUT2D eigenvalue weighted by molar-refractivity contribution is -0.139. The number of ether oxygens (including phenoxy) is 4. The second kappa shape index (κ2) is 53.2. The molecular formula is C70H134N4O10. The molecule has 1 fully saturated rings. The summed E-state index contributed by atoms with van der Waals surface area (Å²) in [6, 6.07) is 0. The molecule has 0 aromatic heterocycles. The Morgan fingerprint density at radius 2 is 0.964 bits per heavy atom. The second-order valence-electron chi connectivity index (χ2n) is 26.4. The number of unbranched alkanes of at least 4 members (excludes halogenated alkanes) is 26. The number of alkyl carbamates (subject to hydrolysis) is 1. The smallest absolute Gasteiger partial charge is 0.407 e. The van der Waals surface area contributed by atoms with Crippen LogP contribution < -0.4 is 16.0 Å². The molecule has 0 spiro atoms. The summed E-state index contributed by atoms with van der Waals surface area (Å²) in [5.74, 6) is 1.08. The van der Waals surface area contributed by atoms with Crippen molar-refractivity contribution in [3.8, 4) is 0 Å². The van der Waals surface area contributed by atoms with E-state index < -0.39 is 17.3 Å². The van der Waals surface area contributed by atoms with Crippen molar-refractivity contribution in [2.24, 2.45) is 17.8 Å². The maximum Gasteiger partial charge on any atom is 0.407 e. The van der Waals surface area contributed by atoms with E-state index in [1.165, 1.54) is 178 Å². The Morgan fingerprint density at radius 3 is 1.48 bits per heavy atom. The summed E-state index contributed by atoms with van der Waals surface area (Å²) in [5, 5.41) is 18.3. The van der Waals surface area contributed by atoms with Gasteiger partial charge in [0.05, 0.1) is 37.1 Å². The summed E-state index contributed by atoms with van der Waals surface area (Å²) in [6.07, 6.45) is 47.2. The van der Waals surface area contributed by atoms with E-state index in [0.717, 1.165) is 63.4 Å². The molecule has 4 unspecified atom stereocenters. The molecule has 1 saturated heterocycles. The van der Waals surface area contributed by atoms with Gasteiger partial charge in [0, 0.05) is 71.0 Å². The fourth-order valence-corrected chi connectivity index (χ4v) is 11.7. The number of hydrogen-bond acceptors (Lipinski definition) is 10. The topological polar surface area (TPSA) is 182 Å². The molecule has 0 aliphatic carbocycles. The first-order chi connectivity index (χ1) is 40.5. The summed E-state index contributed by atoms with van der Waals surface area (Å²) in [4.78, 5) is 62.7. The van der Waals surface area contributed by atoms with Crippen molar-refractivity contribution in [1.29, 1.82) is 0 Å². The third-order valence-corrected chi connectivity index (χ3v) is 17.4. The zero-order valence-electron chi connectivity index (χ0n) is 55.9. The van der Waals surface area contributed by atoms with Crippen molar-refractivity contribution < 1.29 is 48.0 Å². The normalized spacial score (nSPS) is 15.0. The van der Waals surface area contributed by atoms with E-state index in [2.05, 4.69) is 36.7 Å². The average molecular weight is 1190 g/mol. The predicted octanol–water partition coefficient (Wildman–Crippen LogP) is 16.6. The molecule has 4 N–H and O–H groups in total. The van der Waals surface area contributed by atoms with E-state index >= 15 is 0 Å². The third-order valence-electron chi connectivity index (χ3n) is 17.4. The zero-order valence-corrected chi connectivity index (χ0v) is 55.9. The fraction of sp³-hybridized carbons (Fsp3) is 0.929. The highest BCUT2D eigenvalue weighted by atomic mass is 16.6.